The lowest BCUT2D eigenvalue weighted by molar-refractivity contribution is 1.21. The molecule has 9 aromatic carbocycles. The van der Waals surface area contributed by atoms with Gasteiger partial charge >= 0.3 is 0 Å². The summed E-state index contributed by atoms with van der Waals surface area (Å²) in [6.07, 6.45) is 0. The molecule has 0 saturated heterocycles. The molecule has 9 rings (SSSR count). The Morgan fingerprint density at radius 3 is 1.45 bits per heavy atom. The van der Waals surface area contributed by atoms with Crippen molar-refractivity contribution in [2.45, 2.75) is 0 Å². The minimum Gasteiger partial charge on any atom is -0.344 e. The molecule has 0 N–H and O–H groups in total. The average Bonchev–Trinajstić information content (AvgIpc) is 3.15. The van der Waals surface area contributed by atoms with Crippen molar-refractivity contribution in [1.82, 2.24) is 0 Å². The van der Waals surface area contributed by atoms with Crippen LogP contribution in [-0.4, -0.2) is 7.05 Å². The number of fused-ring (bicyclic) bond motifs is 2. The molecule has 9 aromatic rings. The zero-order chi connectivity index (χ0) is 31.3. The number of hydrogen-bond donors (Lipinski definition) is 0. The first-order valence-corrected chi connectivity index (χ1v) is 16.2. The standard InChI is InChI=1S/C45H32N2/c1-46(43-30-29-41-39-18-9-14-33-13-8-17-38(44(33)39)40-19-10-20-42(43)45(40)41)34-25-27-37(28-26-34)47(35-15-6-3-7-16-35)36-23-21-32(22-24-36)31-11-4-2-5-12-31/h2-30H,1H3. The number of nitrogens with zero attached hydrogens (tertiary/aromatic N) is 2. The lowest BCUT2D eigenvalue weighted by Gasteiger charge is -2.27. The summed E-state index contributed by atoms with van der Waals surface area (Å²) in [7, 11) is 2.17. The monoisotopic (exact) mass is 600 g/mol. The lowest BCUT2D eigenvalue weighted by Crippen LogP contribution is -2.12. The molecule has 0 amide bonds. The molecule has 0 aliphatic carbocycles. The summed E-state index contributed by atoms with van der Waals surface area (Å²) in [5.41, 5.74) is 8.12. The van der Waals surface area contributed by atoms with Crippen molar-refractivity contribution in [3.63, 3.8) is 0 Å². The van der Waals surface area contributed by atoms with Crippen molar-refractivity contribution in [3.8, 4) is 11.1 Å². The third kappa shape index (κ3) is 4.49. The Morgan fingerprint density at radius 2 is 0.787 bits per heavy atom. The highest BCUT2D eigenvalue weighted by molar-refractivity contribution is 6.34. The van der Waals surface area contributed by atoms with E-state index in [1.165, 1.54) is 59.9 Å². The summed E-state index contributed by atoms with van der Waals surface area (Å²) in [4.78, 5) is 4.63. The van der Waals surface area contributed by atoms with E-state index >= 15 is 0 Å². The van der Waals surface area contributed by atoms with E-state index in [0.717, 1.165) is 22.7 Å². The summed E-state index contributed by atoms with van der Waals surface area (Å²) in [6, 6.07) is 63.6. The first-order valence-electron chi connectivity index (χ1n) is 16.2. The molecule has 0 aliphatic heterocycles. The molecule has 47 heavy (non-hydrogen) atoms. The summed E-state index contributed by atoms with van der Waals surface area (Å²) in [6.45, 7) is 0. The van der Waals surface area contributed by atoms with Gasteiger partial charge in [0.25, 0.3) is 0 Å². The van der Waals surface area contributed by atoms with Gasteiger partial charge in [0.15, 0.2) is 0 Å². The van der Waals surface area contributed by atoms with E-state index in [1.54, 1.807) is 0 Å². The number of anilines is 5. The Bertz CT molecular complexity index is 2450. The van der Waals surface area contributed by atoms with E-state index in [0.29, 0.717) is 0 Å². The highest BCUT2D eigenvalue weighted by Gasteiger charge is 2.18. The molecule has 0 spiro atoms. The van der Waals surface area contributed by atoms with E-state index in [2.05, 4.69) is 193 Å². The molecule has 0 aliphatic rings. The second kappa shape index (κ2) is 11.0. The van der Waals surface area contributed by atoms with Gasteiger partial charge in [-0.3, -0.25) is 0 Å². The van der Waals surface area contributed by atoms with E-state index in [-0.39, 0.29) is 0 Å². The number of para-hydroxylation sites is 1. The Hall–Kier alpha value is -6.12. The fourth-order valence-corrected chi connectivity index (χ4v) is 7.34. The van der Waals surface area contributed by atoms with E-state index in [1.807, 2.05) is 0 Å². The van der Waals surface area contributed by atoms with E-state index in [4.69, 9.17) is 0 Å². The van der Waals surface area contributed by atoms with Gasteiger partial charge in [-0.05, 0) is 103 Å². The molecule has 0 fully saturated rings. The first-order chi connectivity index (χ1) is 23.2. The Labute approximate surface area is 274 Å². The molecular weight excluding hydrogens is 569 g/mol. The van der Waals surface area contributed by atoms with Gasteiger partial charge in [-0.15, -0.1) is 0 Å². The van der Waals surface area contributed by atoms with Crippen molar-refractivity contribution in [1.29, 1.82) is 0 Å². The minimum atomic E-state index is 1.11. The molecular formula is C45H32N2. The van der Waals surface area contributed by atoms with Gasteiger partial charge in [0, 0.05) is 40.9 Å². The molecule has 0 bridgehead atoms. The summed E-state index contributed by atoms with van der Waals surface area (Å²) < 4.78 is 0. The van der Waals surface area contributed by atoms with Crippen LogP contribution in [0.1, 0.15) is 0 Å². The van der Waals surface area contributed by atoms with Crippen LogP contribution in [0.5, 0.6) is 0 Å². The highest BCUT2D eigenvalue weighted by Crippen LogP contribution is 2.44. The van der Waals surface area contributed by atoms with Crippen molar-refractivity contribution >= 4 is 71.5 Å². The third-order valence-corrected chi connectivity index (χ3v) is 9.61. The maximum atomic E-state index is 2.32. The summed E-state index contributed by atoms with van der Waals surface area (Å²) in [5.74, 6) is 0. The van der Waals surface area contributed by atoms with Crippen LogP contribution >= 0.6 is 0 Å². The zero-order valence-corrected chi connectivity index (χ0v) is 26.1. The predicted octanol–water partition coefficient (Wildman–Crippen LogP) is 12.6. The highest BCUT2D eigenvalue weighted by atomic mass is 15.1. The predicted molar refractivity (Wildman–Crippen MR) is 202 cm³/mol. The van der Waals surface area contributed by atoms with Crippen molar-refractivity contribution < 1.29 is 0 Å². The molecule has 2 heteroatoms. The van der Waals surface area contributed by atoms with Crippen LogP contribution in [0.2, 0.25) is 0 Å². The van der Waals surface area contributed by atoms with Crippen molar-refractivity contribution in [2.75, 3.05) is 16.8 Å². The molecule has 2 nitrogen and oxygen atoms in total. The van der Waals surface area contributed by atoms with E-state index < -0.39 is 0 Å². The van der Waals surface area contributed by atoms with Crippen molar-refractivity contribution in [2.24, 2.45) is 0 Å². The Kier molecular flexibility index (Phi) is 6.39. The molecule has 0 aromatic heterocycles. The Morgan fingerprint density at radius 1 is 0.319 bits per heavy atom. The minimum absolute atomic E-state index is 1.11. The van der Waals surface area contributed by atoms with Crippen LogP contribution in [-0.2, 0) is 0 Å². The summed E-state index contributed by atoms with van der Waals surface area (Å²) >= 11 is 0. The molecule has 0 heterocycles. The quantitative estimate of drug-likeness (QED) is 0.138. The van der Waals surface area contributed by atoms with Gasteiger partial charge in [0.2, 0.25) is 0 Å². The molecule has 0 atom stereocenters. The third-order valence-electron chi connectivity index (χ3n) is 9.61. The zero-order valence-electron chi connectivity index (χ0n) is 26.1. The van der Waals surface area contributed by atoms with Crippen LogP contribution < -0.4 is 9.80 Å². The topological polar surface area (TPSA) is 6.48 Å². The fraction of sp³-hybridized carbons (Fsp3) is 0.0222. The van der Waals surface area contributed by atoms with Gasteiger partial charge in [-0.2, -0.15) is 0 Å². The number of benzene rings is 9. The average molecular weight is 601 g/mol. The van der Waals surface area contributed by atoms with Gasteiger partial charge < -0.3 is 9.80 Å². The molecule has 0 saturated carbocycles. The lowest BCUT2D eigenvalue weighted by atomic mass is 9.89. The SMILES string of the molecule is CN(c1ccc(N(c2ccccc2)c2ccc(-c3ccccc3)cc2)cc1)c1ccc2c3cccc4cccc(c5cccc1c52)c43. The van der Waals surface area contributed by atoms with Gasteiger partial charge in [-0.1, -0.05) is 121 Å². The van der Waals surface area contributed by atoms with Crippen LogP contribution in [0.4, 0.5) is 28.4 Å². The second-order valence-corrected chi connectivity index (χ2v) is 12.2. The maximum Gasteiger partial charge on any atom is 0.0488 e. The van der Waals surface area contributed by atoms with Gasteiger partial charge in [0.1, 0.15) is 0 Å². The normalized spacial score (nSPS) is 11.5. The van der Waals surface area contributed by atoms with Crippen LogP contribution in [0.15, 0.2) is 176 Å². The van der Waals surface area contributed by atoms with Gasteiger partial charge in [-0.25, -0.2) is 0 Å². The first kappa shape index (κ1) is 27.2. The van der Waals surface area contributed by atoms with Gasteiger partial charge in [0.05, 0.1) is 0 Å². The van der Waals surface area contributed by atoms with Crippen molar-refractivity contribution in [3.05, 3.63) is 176 Å². The smallest absolute Gasteiger partial charge is 0.0488 e. The fourth-order valence-electron chi connectivity index (χ4n) is 7.34. The van der Waals surface area contributed by atoms with Crippen LogP contribution in [0, 0.1) is 0 Å². The molecule has 222 valence electrons. The maximum absolute atomic E-state index is 2.32. The second-order valence-electron chi connectivity index (χ2n) is 12.2. The number of hydrogen-bond acceptors (Lipinski definition) is 2. The van der Waals surface area contributed by atoms with Crippen LogP contribution in [0.3, 0.4) is 0 Å². The summed E-state index contributed by atoms with van der Waals surface area (Å²) in [5, 5.41) is 10.5. The van der Waals surface area contributed by atoms with Crippen LogP contribution in [0.25, 0.3) is 54.2 Å². The largest absolute Gasteiger partial charge is 0.344 e. The Balaban J connectivity index is 1.11. The molecule has 0 unspecified atom stereocenters. The molecule has 0 radical (unpaired) electrons. The van der Waals surface area contributed by atoms with E-state index in [9.17, 15) is 0 Å². The number of rotatable bonds is 6.